The Bertz CT molecular complexity index is 724. The molecule has 2 saturated heterocycles. The minimum absolute atomic E-state index is 0. The summed E-state index contributed by atoms with van der Waals surface area (Å²) < 4.78 is 13.6. The molecule has 2 heterocycles. The Kier molecular flexibility index (Phi) is 7.70. The second-order valence-corrected chi connectivity index (χ2v) is 8.54. The van der Waals surface area contributed by atoms with Crippen LogP contribution in [0.5, 0.6) is 0 Å². The molecule has 0 aliphatic carbocycles. The number of hydrogen-bond donors (Lipinski definition) is 2. The Balaban J connectivity index is 0.00000280. The predicted octanol–water partition coefficient (Wildman–Crippen LogP) is 3.29. The summed E-state index contributed by atoms with van der Waals surface area (Å²) in [4.78, 5) is 18.9. The maximum Gasteiger partial charge on any atom is 0.220 e. The number of likely N-dealkylation sites (tertiary alicyclic amines) is 1. The number of nitrogens with zero attached hydrogens (tertiary/aromatic N) is 2. The number of nitrogens with one attached hydrogen (secondary N) is 2. The molecule has 1 spiro atoms. The first-order valence-corrected chi connectivity index (χ1v) is 9.90. The van der Waals surface area contributed by atoms with E-state index < -0.39 is 0 Å². The number of halogens is 2. The molecule has 1 aromatic carbocycles. The van der Waals surface area contributed by atoms with E-state index in [1.54, 1.807) is 12.1 Å². The van der Waals surface area contributed by atoms with Gasteiger partial charge in [0.15, 0.2) is 5.96 Å². The minimum atomic E-state index is -0.263. The third kappa shape index (κ3) is 5.36. The molecule has 2 N–H and O–H groups in total. The van der Waals surface area contributed by atoms with Crippen molar-refractivity contribution in [1.82, 2.24) is 15.5 Å². The van der Waals surface area contributed by atoms with Gasteiger partial charge in [-0.3, -0.25) is 9.79 Å². The molecule has 0 aromatic heterocycles. The Morgan fingerprint density at radius 3 is 2.86 bits per heavy atom. The van der Waals surface area contributed by atoms with E-state index in [-0.39, 0.29) is 46.5 Å². The van der Waals surface area contributed by atoms with Crippen LogP contribution in [-0.2, 0) is 10.2 Å². The molecule has 0 saturated carbocycles. The Hall–Kier alpha value is -1.38. The van der Waals surface area contributed by atoms with E-state index in [9.17, 15) is 9.18 Å². The average molecular weight is 502 g/mol. The largest absolute Gasteiger partial charge is 0.357 e. The van der Waals surface area contributed by atoms with Gasteiger partial charge < -0.3 is 15.5 Å². The summed E-state index contributed by atoms with van der Waals surface area (Å²) in [5.41, 5.74) is 0.716. The maximum absolute atomic E-state index is 13.6. The summed E-state index contributed by atoms with van der Waals surface area (Å²) in [5.74, 6) is 0.833. The summed E-state index contributed by atoms with van der Waals surface area (Å²) in [6.45, 7) is 10.2. The van der Waals surface area contributed by atoms with Crippen molar-refractivity contribution in [3.05, 3.63) is 35.6 Å². The molecule has 2 aliphatic rings. The van der Waals surface area contributed by atoms with Gasteiger partial charge in [0.25, 0.3) is 0 Å². The maximum atomic E-state index is 13.6. The van der Waals surface area contributed by atoms with E-state index in [1.807, 2.05) is 6.07 Å². The van der Waals surface area contributed by atoms with Crippen molar-refractivity contribution in [2.75, 3.05) is 32.7 Å². The molecule has 156 valence electrons. The van der Waals surface area contributed by atoms with Gasteiger partial charge in [0.1, 0.15) is 5.82 Å². The van der Waals surface area contributed by atoms with Crippen LogP contribution in [0.1, 0.15) is 45.6 Å². The molecular formula is C21H32FIN4O. The van der Waals surface area contributed by atoms with Crippen LogP contribution in [0.25, 0.3) is 0 Å². The molecule has 1 unspecified atom stereocenters. The monoisotopic (exact) mass is 502 g/mol. The van der Waals surface area contributed by atoms with E-state index >= 15 is 0 Å². The molecule has 0 bridgehead atoms. The highest BCUT2D eigenvalue weighted by atomic mass is 127. The number of aliphatic imine (C=N–C) groups is 1. The Labute approximate surface area is 184 Å². The number of guanidine groups is 1. The van der Waals surface area contributed by atoms with Gasteiger partial charge in [-0.2, -0.15) is 0 Å². The van der Waals surface area contributed by atoms with E-state index in [0.29, 0.717) is 13.0 Å². The van der Waals surface area contributed by atoms with Crippen LogP contribution in [0.4, 0.5) is 4.39 Å². The van der Waals surface area contributed by atoms with Crippen molar-refractivity contribution in [3.8, 4) is 0 Å². The van der Waals surface area contributed by atoms with Crippen LogP contribution < -0.4 is 10.6 Å². The standard InChI is InChI=1S/C21H31FN4O.HI/c1-4-23-19(25-13-20(2,3)16-7-5-8-17(22)11-16)26-10-6-9-21(15-26)12-18(27)24-14-21;/h5,7-8,11H,4,6,9-10,12-15H2,1-3H3,(H,23,25)(H,24,27);1H. The van der Waals surface area contributed by atoms with Crippen LogP contribution in [0.2, 0.25) is 0 Å². The van der Waals surface area contributed by atoms with Gasteiger partial charge in [-0.1, -0.05) is 26.0 Å². The second-order valence-electron chi connectivity index (χ2n) is 8.54. The highest BCUT2D eigenvalue weighted by Crippen LogP contribution is 2.36. The SMILES string of the molecule is CCNC(=NCC(C)(C)c1cccc(F)c1)N1CCCC2(CNC(=O)C2)C1.I. The van der Waals surface area contributed by atoms with Gasteiger partial charge in [-0.25, -0.2) is 4.39 Å². The third-order valence-electron chi connectivity index (χ3n) is 5.72. The minimum Gasteiger partial charge on any atom is -0.357 e. The van der Waals surface area contributed by atoms with Gasteiger partial charge in [0.2, 0.25) is 5.91 Å². The summed E-state index contributed by atoms with van der Waals surface area (Å²) in [5, 5.41) is 6.40. The van der Waals surface area contributed by atoms with Crippen LogP contribution in [0.3, 0.4) is 0 Å². The van der Waals surface area contributed by atoms with Gasteiger partial charge in [0, 0.05) is 43.4 Å². The predicted molar refractivity (Wildman–Crippen MR) is 122 cm³/mol. The first kappa shape index (κ1) is 22.9. The first-order chi connectivity index (χ1) is 12.8. The molecule has 2 fully saturated rings. The van der Waals surface area contributed by atoms with Gasteiger partial charge in [0.05, 0.1) is 6.54 Å². The second kappa shape index (κ2) is 9.41. The molecule has 28 heavy (non-hydrogen) atoms. The van der Waals surface area contributed by atoms with Crippen molar-refractivity contribution in [2.24, 2.45) is 10.4 Å². The normalized spacial score (nSPS) is 22.8. The molecule has 7 heteroatoms. The van der Waals surface area contributed by atoms with Crippen LogP contribution in [0, 0.1) is 11.2 Å². The lowest BCUT2D eigenvalue weighted by molar-refractivity contribution is -0.119. The van der Waals surface area contributed by atoms with Crippen LogP contribution in [-0.4, -0.2) is 49.5 Å². The van der Waals surface area contributed by atoms with Crippen molar-refractivity contribution in [3.63, 3.8) is 0 Å². The van der Waals surface area contributed by atoms with Crippen LogP contribution in [0.15, 0.2) is 29.3 Å². The number of rotatable bonds is 4. The van der Waals surface area contributed by atoms with E-state index in [0.717, 1.165) is 50.5 Å². The van der Waals surface area contributed by atoms with E-state index in [1.165, 1.54) is 6.07 Å². The zero-order valence-corrected chi connectivity index (χ0v) is 19.4. The van der Waals surface area contributed by atoms with E-state index in [4.69, 9.17) is 4.99 Å². The fourth-order valence-electron chi connectivity index (χ4n) is 4.13. The topological polar surface area (TPSA) is 56.7 Å². The van der Waals surface area contributed by atoms with Crippen LogP contribution >= 0.6 is 24.0 Å². The van der Waals surface area contributed by atoms with Gasteiger partial charge in [-0.15, -0.1) is 24.0 Å². The number of carbonyl (C=O) groups is 1. The molecule has 0 radical (unpaired) electrons. The molecule has 1 atom stereocenters. The highest BCUT2D eigenvalue weighted by Gasteiger charge is 2.42. The Morgan fingerprint density at radius 1 is 1.43 bits per heavy atom. The third-order valence-corrected chi connectivity index (χ3v) is 5.72. The lowest BCUT2D eigenvalue weighted by Crippen LogP contribution is -2.51. The summed E-state index contributed by atoms with van der Waals surface area (Å²) in [6.07, 6.45) is 2.75. The van der Waals surface area contributed by atoms with Crippen molar-refractivity contribution in [1.29, 1.82) is 0 Å². The first-order valence-electron chi connectivity index (χ1n) is 9.90. The van der Waals surface area contributed by atoms with Gasteiger partial charge in [-0.05, 0) is 37.5 Å². The Morgan fingerprint density at radius 2 is 2.21 bits per heavy atom. The van der Waals surface area contributed by atoms with Crippen molar-refractivity contribution < 1.29 is 9.18 Å². The van der Waals surface area contributed by atoms with Crippen molar-refractivity contribution in [2.45, 2.75) is 45.4 Å². The van der Waals surface area contributed by atoms with Crippen molar-refractivity contribution >= 4 is 35.8 Å². The number of benzene rings is 1. The molecule has 3 rings (SSSR count). The summed E-state index contributed by atoms with van der Waals surface area (Å²) in [7, 11) is 0. The quantitative estimate of drug-likeness (QED) is 0.378. The fraction of sp³-hybridized carbons (Fsp3) is 0.619. The lowest BCUT2D eigenvalue weighted by atomic mass is 9.79. The molecule has 5 nitrogen and oxygen atoms in total. The number of amides is 1. The van der Waals surface area contributed by atoms with E-state index in [2.05, 4.69) is 36.3 Å². The summed E-state index contributed by atoms with van der Waals surface area (Å²) >= 11 is 0. The highest BCUT2D eigenvalue weighted by molar-refractivity contribution is 14.0. The lowest BCUT2D eigenvalue weighted by Gasteiger charge is -2.41. The molecule has 2 aliphatic heterocycles. The molecule has 1 amide bonds. The zero-order chi connectivity index (χ0) is 19.5. The molecule has 1 aromatic rings. The zero-order valence-electron chi connectivity index (χ0n) is 17.1. The number of carbonyl (C=O) groups excluding carboxylic acids is 1. The smallest absolute Gasteiger partial charge is 0.220 e. The number of hydrogen-bond acceptors (Lipinski definition) is 2. The average Bonchev–Trinajstić information content (AvgIpc) is 2.98. The fourth-order valence-corrected chi connectivity index (χ4v) is 4.13. The summed E-state index contributed by atoms with van der Waals surface area (Å²) in [6, 6.07) is 6.77. The van der Waals surface area contributed by atoms with Gasteiger partial charge >= 0.3 is 0 Å². The molecular weight excluding hydrogens is 470 g/mol. The number of piperidine rings is 1.